The van der Waals surface area contributed by atoms with Crippen molar-refractivity contribution in [3.63, 3.8) is 0 Å². The van der Waals surface area contributed by atoms with Crippen LogP contribution in [0.1, 0.15) is 19.4 Å². The number of rotatable bonds is 5. The molecular weight excluding hydrogens is 227 g/mol. The predicted molar refractivity (Wildman–Crippen MR) is 63.9 cm³/mol. The molecule has 5 nitrogen and oxygen atoms in total. The summed E-state index contributed by atoms with van der Waals surface area (Å²) in [6.45, 7) is 5.98. The van der Waals surface area contributed by atoms with Crippen LogP contribution in [0.2, 0.25) is 0 Å². The Hall–Kier alpha value is -0.900. The van der Waals surface area contributed by atoms with Gasteiger partial charge >= 0.3 is 7.60 Å². The number of hydrogen-bond acceptors (Lipinski definition) is 5. The Morgan fingerprint density at radius 3 is 2.38 bits per heavy atom. The van der Waals surface area contributed by atoms with Gasteiger partial charge in [-0.15, -0.1) is 0 Å². The van der Waals surface area contributed by atoms with Gasteiger partial charge < -0.3 is 14.8 Å². The summed E-state index contributed by atoms with van der Waals surface area (Å²) in [7, 11) is -3.25. The molecule has 0 bridgehead atoms. The van der Waals surface area contributed by atoms with Crippen molar-refractivity contribution in [2.24, 2.45) is 0 Å². The van der Waals surface area contributed by atoms with E-state index in [1.165, 1.54) is 6.20 Å². The van der Waals surface area contributed by atoms with Crippen molar-refractivity contribution >= 4 is 18.7 Å². The molecule has 1 aromatic heterocycles. The maximum atomic E-state index is 12.4. The van der Waals surface area contributed by atoms with Gasteiger partial charge in [-0.1, -0.05) is 0 Å². The number of nitrogen functional groups attached to an aromatic ring is 1. The van der Waals surface area contributed by atoms with E-state index in [0.717, 1.165) is 5.56 Å². The van der Waals surface area contributed by atoms with E-state index in [2.05, 4.69) is 4.98 Å². The van der Waals surface area contributed by atoms with E-state index in [0.29, 0.717) is 24.3 Å². The fourth-order valence-electron chi connectivity index (χ4n) is 1.37. The molecule has 16 heavy (non-hydrogen) atoms. The van der Waals surface area contributed by atoms with Gasteiger partial charge in [0.2, 0.25) is 0 Å². The van der Waals surface area contributed by atoms with Crippen LogP contribution in [-0.2, 0) is 13.6 Å². The van der Waals surface area contributed by atoms with Gasteiger partial charge in [0.25, 0.3) is 0 Å². The van der Waals surface area contributed by atoms with Gasteiger partial charge in [-0.2, -0.15) is 0 Å². The highest BCUT2D eigenvalue weighted by molar-refractivity contribution is 7.62. The maximum absolute atomic E-state index is 12.4. The lowest BCUT2D eigenvalue weighted by atomic mass is 10.3. The average molecular weight is 244 g/mol. The second kappa shape index (κ2) is 5.43. The average Bonchev–Trinajstić information content (AvgIpc) is 2.17. The molecule has 1 rings (SSSR count). The molecule has 0 aromatic carbocycles. The molecule has 6 heteroatoms. The Morgan fingerprint density at radius 2 is 1.94 bits per heavy atom. The Bertz CT molecular complexity index is 399. The summed E-state index contributed by atoms with van der Waals surface area (Å²) in [6.07, 6.45) is 1.46. The van der Waals surface area contributed by atoms with Crippen molar-refractivity contribution in [2.45, 2.75) is 20.8 Å². The lowest BCUT2D eigenvalue weighted by Crippen LogP contribution is -2.15. The third kappa shape index (κ3) is 2.82. The van der Waals surface area contributed by atoms with Gasteiger partial charge in [0, 0.05) is 6.20 Å². The van der Waals surface area contributed by atoms with Gasteiger partial charge in [-0.25, -0.2) is 4.98 Å². The Morgan fingerprint density at radius 1 is 1.38 bits per heavy atom. The zero-order chi connectivity index (χ0) is 12.2. The van der Waals surface area contributed by atoms with Crippen LogP contribution in [0.4, 0.5) is 5.82 Å². The van der Waals surface area contributed by atoms with E-state index < -0.39 is 7.60 Å². The van der Waals surface area contributed by atoms with Crippen LogP contribution in [0.15, 0.2) is 12.3 Å². The summed E-state index contributed by atoms with van der Waals surface area (Å²) < 4.78 is 22.9. The number of anilines is 1. The Balaban J connectivity index is 3.15. The highest BCUT2D eigenvalue weighted by Gasteiger charge is 2.28. The zero-order valence-corrected chi connectivity index (χ0v) is 10.7. The molecule has 0 amide bonds. The first-order valence-electron chi connectivity index (χ1n) is 5.15. The molecular formula is C10H17N2O3P. The summed E-state index contributed by atoms with van der Waals surface area (Å²) in [6, 6.07) is 1.65. The highest BCUT2D eigenvalue weighted by atomic mass is 31.2. The third-order valence-corrected chi connectivity index (χ3v) is 4.25. The highest BCUT2D eigenvalue weighted by Crippen LogP contribution is 2.47. The molecule has 0 aliphatic carbocycles. The van der Waals surface area contributed by atoms with Gasteiger partial charge in [0.15, 0.2) is 0 Å². The second-order valence-corrected chi connectivity index (χ2v) is 5.22. The number of nitrogens with two attached hydrogens (primary N) is 1. The van der Waals surface area contributed by atoms with E-state index >= 15 is 0 Å². The number of hydrogen-bond donors (Lipinski definition) is 1. The molecule has 0 atom stereocenters. The van der Waals surface area contributed by atoms with Gasteiger partial charge in [0.1, 0.15) is 5.82 Å². The minimum atomic E-state index is -3.25. The van der Waals surface area contributed by atoms with Crippen LogP contribution in [0.3, 0.4) is 0 Å². The second-order valence-electron chi connectivity index (χ2n) is 3.23. The van der Waals surface area contributed by atoms with Crippen LogP contribution in [-0.4, -0.2) is 18.2 Å². The SMILES string of the molecule is CCOP(=O)(OCC)c1cnc(N)cc1C. The summed E-state index contributed by atoms with van der Waals surface area (Å²) in [5, 5.41) is 0.477. The molecule has 0 saturated heterocycles. The summed E-state index contributed by atoms with van der Waals surface area (Å²) in [5.41, 5.74) is 6.30. The fraction of sp³-hybridized carbons (Fsp3) is 0.500. The van der Waals surface area contributed by atoms with Crippen molar-refractivity contribution in [1.82, 2.24) is 4.98 Å². The van der Waals surface area contributed by atoms with Crippen molar-refractivity contribution in [1.29, 1.82) is 0 Å². The first-order chi connectivity index (χ1) is 7.53. The van der Waals surface area contributed by atoms with Crippen molar-refractivity contribution in [2.75, 3.05) is 18.9 Å². The van der Waals surface area contributed by atoms with E-state index in [1.54, 1.807) is 26.8 Å². The zero-order valence-electron chi connectivity index (χ0n) is 9.77. The van der Waals surface area contributed by atoms with Crippen LogP contribution >= 0.6 is 7.60 Å². The van der Waals surface area contributed by atoms with E-state index in [1.807, 2.05) is 0 Å². The molecule has 0 radical (unpaired) electrons. The smallest absolute Gasteiger partial charge is 0.363 e. The third-order valence-electron chi connectivity index (χ3n) is 2.00. The summed E-state index contributed by atoms with van der Waals surface area (Å²) >= 11 is 0. The van der Waals surface area contributed by atoms with E-state index in [9.17, 15) is 4.57 Å². The lowest BCUT2D eigenvalue weighted by Gasteiger charge is -2.18. The topological polar surface area (TPSA) is 74.4 Å². The molecule has 90 valence electrons. The van der Waals surface area contributed by atoms with Crippen LogP contribution < -0.4 is 11.0 Å². The van der Waals surface area contributed by atoms with Crippen molar-refractivity contribution < 1.29 is 13.6 Å². The molecule has 0 fully saturated rings. The van der Waals surface area contributed by atoms with Crippen LogP contribution in [0.25, 0.3) is 0 Å². The van der Waals surface area contributed by atoms with Gasteiger partial charge in [0.05, 0.1) is 18.5 Å². The molecule has 0 aliphatic rings. The van der Waals surface area contributed by atoms with Crippen LogP contribution in [0, 0.1) is 6.92 Å². The minimum absolute atomic E-state index is 0.321. The largest absolute Gasteiger partial charge is 0.384 e. The van der Waals surface area contributed by atoms with Gasteiger partial charge in [-0.3, -0.25) is 4.57 Å². The number of aryl methyl sites for hydroxylation is 1. The first-order valence-corrected chi connectivity index (χ1v) is 6.69. The van der Waals surface area contributed by atoms with Gasteiger partial charge in [-0.05, 0) is 32.4 Å². The molecule has 1 aromatic rings. The quantitative estimate of drug-likeness (QED) is 0.800. The molecule has 0 saturated carbocycles. The normalized spacial score (nSPS) is 11.7. The monoisotopic (exact) mass is 244 g/mol. The lowest BCUT2D eigenvalue weighted by molar-refractivity contribution is 0.229. The van der Waals surface area contributed by atoms with Crippen molar-refractivity contribution in [3.05, 3.63) is 17.8 Å². The minimum Gasteiger partial charge on any atom is -0.384 e. The Kier molecular flexibility index (Phi) is 4.47. The number of aromatic nitrogens is 1. The molecule has 0 aliphatic heterocycles. The molecule has 0 spiro atoms. The van der Waals surface area contributed by atoms with Crippen LogP contribution in [0.5, 0.6) is 0 Å². The van der Waals surface area contributed by atoms with Crippen molar-refractivity contribution in [3.8, 4) is 0 Å². The summed E-state index contributed by atoms with van der Waals surface area (Å²) in [4.78, 5) is 3.92. The predicted octanol–water partition coefficient (Wildman–Crippen LogP) is 1.86. The van der Waals surface area contributed by atoms with E-state index in [4.69, 9.17) is 14.8 Å². The van der Waals surface area contributed by atoms with E-state index in [-0.39, 0.29) is 0 Å². The number of nitrogens with zero attached hydrogens (tertiary/aromatic N) is 1. The molecule has 1 heterocycles. The first kappa shape index (κ1) is 13.2. The maximum Gasteiger partial charge on any atom is 0.363 e. The Labute approximate surface area is 95.5 Å². The molecule has 0 unspecified atom stereocenters. The molecule has 2 N–H and O–H groups in total. The standard InChI is InChI=1S/C10H17N2O3P/c1-4-14-16(13,15-5-2)9-7-12-10(11)6-8(9)3/h6-7H,4-5H2,1-3H3,(H2,11,12). The summed E-state index contributed by atoms with van der Waals surface area (Å²) in [5.74, 6) is 0.390. The number of pyridine rings is 1. The fourth-order valence-corrected chi connectivity index (χ4v) is 3.10.